The van der Waals surface area contributed by atoms with Crippen LogP contribution in [0.2, 0.25) is 0 Å². The average Bonchev–Trinajstić information content (AvgIpc) is 3.15. The first-order valence-corrected chi connectivity index (χ1v) is 8.26. The summed E-state index contributed by atoms with van der Waals surface area (Å²) in [7, 11) is 0. The summed E-state index contributed by atoms with van der Waals surface area (Å²) in [6.45, 7) is 1.60. The molecule has 0 unspecified atom stereocenters. The Morgan fingerprint density at radius 3 is 2.64 bits per heavy atom. The zero-order valence-electron chi connectivity index (χ0n) is 13.7. The maximum atomic E-state index is 4.14. The Morgan fingerprint density at radius 1 is 0.960 bits per heavy atom. The number of nitrogens with one attached hydrogen (secondary N) is 1. The van der Waals surface area contributed by atoms with Crippen molar-refractivity contribution >= 4 is 5.65 Å². The van der Waals surface area contributed by atoms with Crippen molar-refractivity contribution in [1.82, 2.24) is 30.3 Å². The quantitative estimate of drug-likeness (QED) is 0.550. The van der Waals surface area contributed by atoms with Crippen molar-refractivity contribution in [1.29, 1.82) is 0 Å². The standard InChI is InChI=1S/C19H18N6/c1-2-4-16(5-3-1)18-12-17(19-22-23-24-25(19)14-18)13-21-11-8-15-6-9-20-10-7-15/h1-7,9-10,12,14,21H,8,11,13H2. The van der Waals surface area contributed by atoms with Crippen LogP contribution in [0.3, 0.4) is 0 Å². The molecule has 6 nitrogen and oxygen atoms in total. The highest BCUT2D eigenvalue weighted by atomic mass is 15.5. The summed E-state index contributed by atoms with van der Waals surface area (Å²) in [4.78, 5) is 4.04. The maximum Gasteiger partial charge on any atom is 0.183 e. The molecule has 0 saturated heterocycles. The number of benzene rings is 1. The monoisotopic (exact) mass is 330 g/mol. The van der Waals surface area contributed by atoms with Gasteiger partial charge in [-0.1, -0.05) is 30.3 Å². The molecule has 0 spiro atoms. The van der Waals surface area contributed by atoms with Crippen molar-refractivity contribution < 1.29 is 0 Å². The summed E-state index contributed by atoms with van der Waals surface area (Å²) >= 11 is 0. The number of aromatic nitrogens is 5. The van der Waals surface area contributed by atoms with E-state index in [1.165, 1.54) is 5.56 Å². The molecule has 0 fully saturated rings. The first-order chi connectivity index (χ1) is 12.4. The van der Waals surface area contributed by atoms with E-state index in [1.807, 2.05) is 48.9 Å². The van der Waals surface area contributed by atoms with Gasteiger partial charge in [-0.2, -0.15) is 4.52 Å². The van der Waals surface area contributed by atoms with E-state index in [0.717, 1.165) is 41.8 Å². The number of hydrogen-bond donors (Lipinski definition) is 1. The van der Waals surface area contributed by atoms with Crippen molar-refractivity contribution in [2.75, 3.05) is 6.54 Å². The molecule has 124 valence electrons. The van der Waals surface area contributed by atoms with Gasteiger partial charge in [-0.3, -0.25) is 4.98 Å². The number of rotatable bonds is 6. The SMILES string of the molecule is c1ccc(-c2cc(CNCCc3ccncc3)c3nnnn3c2)cc1. The summed E-state index contributed by atoms with van der Waals surface area (Å²) < 4.78 is 1.74. The molecule has 1 aromatic carbocycles. The fourth-order valence-corrected chi connectivity index (χ4v) is 2.84. The Bertz CT molecular complexity index is 949. The minimum absolute atomic E-state index is 0.718. The number of tetrazole rings is 1. The largest absolute Gasteiger partial charge is 0.312 e. The molecule has 0 amide bonds. The predicted octanol–water partition coefficient (Wildman–Crippen LogP) is 2.52. The highest BCUT2D eigenvalue weighted by Crippen LogP contribution is 2.21. The summed E-state index contributed by atoms with van der Waals surface area (Å²) in [6.07, 6.45) is 6.57. The van der Waals surface area contributed by atoms with Crippen LogP contribution in [0.4, 0.5) is 0 Å². The number of nitrogens with zero attached hydrogens (tertiary/aromatic N) is 5. The van der Waals surface area contributed by atoms with E-state index in [4.69, 9.17) is 0 Å². The Balaban J connectivity index is 1.51. The molecule has 0 aliphatic rings. The molecule has 0 saturated carbocycles. The number of pyridine rings is 2. The van der Waals surface area contributed by atoms with E-state index in [9.17, 15) is 0 Å². The Hall–Kier alpha value is -3.12. The van der Waals surface area contributed by atoms with Gasteiger partial charge in [-0.05, 0) is 52.7 Å². The second-order valence-corrected chi connectivity index (χ2v) is 5.85. The topological polar surface area (TPSA) is 68.0 Å². The van der Waals surface area contributed by atoms with Crippen LogP contribution in [0.25, 0.3) is 16.8 Å². The second-order valence-electron chi connectivity index (χ2n) is 5.85. The molecule has 3 aromatic heterocycles. The van der Waals surface area contributed by atoms with Gasteiger partial charge in [0.25, 0.3) is 0 Å². The second kappa shape index (κ2) is 7.19. The van der Waals surface area contributed by atoms with Crippen molar-refractivity contribution in [3.8, 4) is 11.1 Å². The van der Waals surface area contributed by atoms with Gasteiger partial charge in [-0.25, -0.2) is 0 Å². The van der Waals surface area contributed by atoms with Crippen molar-refractivity contribution in [2.45, 2.75) is 13.0 Å². The highest BCUT2D eigenvalue weighted by molar-refractivity contribution is 5.66. The third-order valence-electron chi connectivity index (χ3n) is 4.13. The van der Waals surface area contributed by atoms with Gasteiger partial charge in [0.1, 0.15) is 0 Å². The van der Waals surface area contributed by atoms with E-state index < -0.39 is 0 Å². The maximum absolute atomic E-state index is 4.14. The van der Waals surface area contributed by atoms with E-state index in [1.54, 1.807) is 4.52 Å². The molecule has 25 heavy (non-hydrogen) atoms. The lowest BCUT2D eigenvalue weighted by Crippen LogP contribution is -2.17. The Kier molecular flexibility index (Phi) is 4.43. The summed E-state index contributed by atoms with van der Waals surface area (Å²) in [5, 5.41) is 15.5. The molecule has 0 aliphatic carbocycles. The summed E-state index contributed by atoms with van der Waals surface area (Å²) in [5.74, 6) is 0. The molecule has 1 N–H and O–H groups in total. The lowest BCUT2D eigenvalue weighted by molar-refractivity contribution is 0.686. The van der Waals surface area contributed by atoms with Crippen molar-refractivity contribution in [3.05, 3.63) is 78.2 Å². The third kappa shape index (κ3) is 3.54. The Labute approximate surface area is 145 Å². The van der Waals surface area contributed by atoms with Gasteiger partial charge in [0.15, 0.2) is 5.65 Å². The zero-order valence-corrected chi connectivity index (χ0v) is 13.7. The van der Waals surface area contributed by atoms with Gasteiger partial charge < -0.3 is 5.32 Å². The summed E-state index contributed by atoms with van der Waals surface area (Å²) in [6, 6.07) is 16.5. The van der Waals surface area contributed by atoms with E-state index >= 15 is 0 Å². The first-order valence-electron chi connectivity index (χ1n) is 8.26. The van der Waals surface area contributed by atoms with E-state index in [2.05, 4.69) is 44.0 Å². The van der Waals surface area contributed by atoms with Crippen molar-refractivity contribution in [2.24, 2.45) is 0 Å². The van der Waals surface area contributed by atoms with Crippen LogP contribution in [0.5, 0.6) is 0 Å². The van der Waals surface area contributed by atoms with Crippen LogP contribution < -0.4 is 5.32 Å². The van der Waals surface area contributed by atoms with Gasteiger partial charge in [0.05, 0.1) is 0 Å². The minimum Gasteiger partial charge on any atom is -0.312 e. The van der Waals surface area contributed by atoms with Crippen LogP contribution in [-0.2, 0) is 13.0 Å². The van der Waals surface area contributed by atoms with Gasteiger partial charge in [0.2, 0.25) is 0 Å². The molecule has 3 heterocycles. The Morgan fingerprint density at radius 2 is 1.80 bits per heavy atom. The van der Waals surface area contributed by atoms with Crippen molar-refractivity contribution in [3.63, 3.8) is 0 Å². The fraction of sp³-hybridized carbons (Fsp3) is 0.158. The normalized spacial score (nSPS) is 11.0. The lowest BCUT2D eigenvalue weighted by Gasteiger charge is -2.09. The van der Waals surface area contributed by atoms with E-state index in [-0.39, 0.29) is 0 Å². The van der Waals surface area contributed by atoms with Crippen LogP contribution in [-0.4, -0.2) is 31.6 Å². The van der Waals surface area contributed by atoms with Crippen LogP contribution in [0.15, 0.2) is 67.1 Å². The molecule has 0 aliphatic heterocycles. The highest BCUT2D eigenvalue weighted by Gasteiger charge is 2.08. The smallest absolute Gasteiger partial charge is 0.183 e. The number of hydrogen-bond acceptors (Lipinski definition) is 5. The molecule has 0 bridgehead atoms. The molecule has 4 rings (SSSR count). The fourth-order valence-electron chi connectivity index (χ4n) is 2.84. The van der Waals surface area contributed by atoms with Gasteiger partial charge in [0, 0.05) is 36.3 Å². The average molecular weight is 330 g/mol. The zero-order chi connectivity index (χ0) is 16.9. The van der Waals surface area contributed by atoms with Gasteiger partial charge >= 0.3 is 0 Å². The van der Waals surface area contributed by atoms with Crippen LogP contribution in [0, 0.1) is 0 Å². The number of fused-ring (bicyclic) bond motifs is 1. The molecular formula is C19H18N6. The molecule has 4 aromatic rings. The van der Waals surface area contributed by atoms with Gasteiger partial charge in [-0.15, -0.1) is 5.10 Å². The molecule has 0 atom stereocenters. The van der Waals surface area contributed by atoms with Crippen LogP contribution >= 0.6 is 0 Å². The summed E-state index contributed by atoms with van der Waals surface area (Å²) in [5.41, 5.74) is 5.40. The third-order valence-corrected chi connectivity index (χ3v) is 4.13. The molecular weight excluding hydrogens is 312 g/mol. The predicted molar refractivity (Wildman–Crippen MR) is 95.9 cm³/mol. The molecule has 6 heteroatoms. The lowest BCUT2D eigenvalue weighted by atomic mass is 10.1. The minimum atomic E-state index is 0.718. The molecule has 0 radical (unpaired) electrons. The van der Waals surface area contributed by atoms with Crippen LogP contribution in [0.1, 0.15) is 11.1 Å². The van der Waals surface area contributed by atoms with E-state index in [0.29, 0.717) is 0 Å². The first kappa shape index (κ1) is 15.4.